The molecule has 0 aliphatic carbocycles. The Labute approximate surface area is 322 Å². The first-order valence-electron chi connectivity index (χ1n) is 18.7. The van der Waals surface area contributed by atoms with Crippen molar-refractivity contribution in [2.75, 3.05) is 0 Å². The molecule has 3 heterocycles. The summed E-state index contributed by atoms with van der Waals surface area (Å²) in [4.78, 5) is 15.2. The van der Waals surface area contributed by atoms with Crippen LogP contribution >= 0.6 is 0 Å². The maximum atomic E-state index is 6.18. The highest BCUT2D eigenvalue weighted by molar-refractivity contribution is 6.13. The van der Waals surface area contributed by atoms with Gasteiger partial charge in [0.25, 0.3) is 0 Å². The van der Waals surface area contributed by atoms with Gasteiger partial charge in [0.05, 0.1) is 0 Å². The highest BCUT2D eigenvalue weighted by Gasteiger charge is 2.17. The first-order valence-corrected chi connectivity index (χ1v) is 18.7. The first kappa shape index (κ1) is 31.9. The molecule has 0 atom stereocenters. The molecule has 0 saturated carbocycles. The van der Waals surface area contributed by atoms with Crippen LogP contribution in [0.25, 0.3) is 111 Å². The van der Waals surface area contributed by atoms with Gasteiger partial charge in [-0.3, -0.25) is 0 Å². The Morgan fingerprint density at radius 2 is 0.589 bits per heavy atom. The van der Waals surface area contributed by atoms with E-state index in [-0.39, 0.29) is 0 Å². The van der Waals surface area contributed by atoms with Gasteiger partial charge in [-0.1, -0.05) is 164 Å². The molecule has 11 aromatic rings. The van der Waals surface area contributed by atoms with E-state index >= 15 is 0 Å². The average molecular weight is 718 g/mol. The van der Waals surface area contributed by atoms with Gasteiger partial charge < -0.3 is 8.83 Å². The lowest BCUT2D eigenvalue weighted by molar-refractivity contribution is 0.668. The van der Waals surface area contributed by atoms with Crippen molar-refractivity contribution in [2.24, 2.45) is 0 Å². The Morgan fingerprint density at radius 1 is 0.250 bits per heavy atom. The van der Waals surface area contributed by atoms with Crippen molar-refractivity contribution in [1.82, 2.24) is 15.0 Å². The molecule has 3 aromatic heterocycles. The molecule has 56 heavy (non-hydrogen) atoms. The smallest absolute Gasteiger partial charge is 0.164 e. The van der Waals surface area contributed by atoms with Gasteiger partial charge in [0.15, 0.2) is 17.5 Å². The van der Waals surface area contributed by atoms with Gasteiger partial charge in [0.2, 0.25) is 0 Å². The van der Waals surface area contributed by atoms with Crippen LogP contribution in [0.3, 0.4) is 0 Å². The molecule has 0 bridgehead atoms. The zero-order valence-electron chi connectivity index (χ0n) is 30.1. The van der Waals surface area contributed by atoms with E-state index in [1.54, 1.807) is 0 Å². The van der Waals surface area contributed by atoms with E-state index in [1.165, 1.54) is 0 Å². The SMILES string of the molecule is c1ccc(-c2ccc(-c3nc(-c4ccc(-c5cccc6oc7ccccc7c56)cc4)nc(-c4ccc(-c5cccc6oc7ccccc7c56)cc4)n3)cc2)cc1. The van der Waals surface area contributed by atoms with Crippen molar-refractivity contribution in [3.8, 4) is 67.5 Å². The van der Waals surface area contributed by atoms with E-state index in [0.29, 0.717) is 17.5 Å². The van der Waals surface area contributed by atoms with E-state index in [4.69, 9.17) is 23.8 Å². The molecular weight excluding hydrogens is 687 g/mol. The fourth-order valence-electron chi connectivity index (χ4n) is 7.83. The summed E-state index contributed by atoms with van der Waals surface area (Å²) in [5.41, 5.74) is 12.9. The van der Waals surface area contributed by atoms with Crippen LogP contribution in [-0.2, 0) is 0 Å². The second-order valence-electron chi connectivity index (χ2n) is 14.0. The summed E-state index contributed by atoms with van der Waals surface area (Å²) < 4.78 is 12.4. The van der Waals surface area contributed by atoms with E-state index < -0.39 is 0 Å². The van der Waals surface area contributed by atoms with Crippen molar-refractivity contribution >= 4 is 43.9 Å². The van der Waals surface area contributed by atoms with E-state index in [1.807, 2.05) is 54.6 Å². The van der Waals surface area contributed by atoms with E-state index in [0.717, 1.165) is 93.9 Å². The molecule has 5 nitrogen and oxygen atoms in total. The molecule has 5 heteroatoms. The molecule has 11 rings (SSSR count). The molecule has 0 spiro atoms. The van der Waals surface area contributed by atoms with Gasteiger partial charge in [0.1, 0.15) is 22.3 Å². The van der Waals surface area contributed by atoms with Crippen LogP contribution in [0.15, 0.2) is 197 Å². The predicted octanol–water partition coefficient (Wildman–Crippen LogP) is 13.7. The average Bonchev–Trinajstić information content (AvgIpc) is 3.86. The van der Waals surface area contributed by atoms with Crippen LogP contribution < -0.4 is 0 Å². The number of rotatable bonds is 6. The first-order chi connectivity index (χ1) is 27.7. The monoisotopic (exact) mass is 717 g/mol. The third kappa shape index (κ3) is 5.45. The zero-order chi connectivity index (χ0) is 37.0. The Hall–Kier alpha value is -7.63. The minimum atomic E-state index is 0.606. The maximum Gasteiger partial charge on any atom is 0.164 e. The van der Waals surface area contributed by atoms with Crippen LogP contribution in [0, 0.1) is 0 Å². The molecular formula is C51H31N3O2. The number of furan rings is 2. The lowest BCUT2D eigenvalue weighted by Crippen LogP contribution is -2.00. The highest BCUT2D eigenvalue weighted by atomic mass is 16.3. The standard InChI is InChI=1S/C51H31N3O2/c1-2-10-32(11-3-1)33-20-26-36(27-21-33)49-52-50(37-28-22-34(23-29-37)39-14-8-18-45-47(39)41-12-4-6-16-43(41)55-45)54-51(53-49)38-30-24-35(25-31-38)40-15-9-19-46-48(40)42-13-5-7-17-44(42)56-46/h1-31H. The highest BCUT2D eigenvalue weighted by Crippen LogP contribution is 2.39. The van der Waals surface area contributed by atoms with Crippen LogP contribution in [-0.4, -0.2) is 15.0 Å². The Morgan fingerprint density at radius 3 is 1.04 bits per heavy atom. The summed E-state index contributed by atoms with van der Waals surface area (Å²) in [6.45, 7) is 0. The Kier molecular flexibility index (Phi) is 7.42. The van der Waals surface area contributed by atoms with Gasteiger partial charge in [-0.05, 0) is 57.6 Å². The molecule has 0 unspecified atom stereocenters. The number of nitrogens with zero attached hydrogens (tertiary/aromatic N) is 3. The van der Waals surface area contributed by atoms with Gasteiger partial charge >= 0.3 is 0 Å². The van der Waals surface area contributed by atoms with Gasteiger partial charge in [-0.15, -0.1) is 0 Å². The number of aromatic nitrogens is 3. The molecule has 0 radical (unpaired) electrons. The molecule has 0 amide bonds. The van der Waals surface area contributed by atoms with Gasteiger partial charge in [-0.25, -0.2) is 15.0 Å². The molecule has 0 aliphatic rings. The zero-order valence-corrected chi connectivity index (χ0v) is 30.1. The number of hydrogen-bond acceptors (Lipinski definition) is 5. The lowest BCUT2D eigenvalue weighted by atomic mass is 9.98. The van der Waals surface area contributed by atoms with Gasteiger partial charge in [-0.2, -0.15) is 0 Å². The number of benzene rings is 8. The topological polar surface area (TPSA) is 65.0 Å². The van der Waals surface area contributed by atoms with Crippen LogP contribution in [0.5, 0.6) is 0 Å². The third-order valence-corrected chi connectivity index (χ3v) is 10.6. The Balaban J connectivity index is 1.00. The quantitative estimate of drug-likeness (QED) is 0.171. The second-order valence-corrected chi connectivity index (χ2v) is 14.0. The fourth-order valence-corrected chi connectivity index (χ4v) is 7.83. The summed E-state index contributed by atoms with van der Waals surface area (Å²) in [5.74, 6) is 1.82. The third-order valence-electron chi connectivity index (χ3n) is 10.6. The van der Waals surface area contributed by atoms with Crippen molar-refractivity contribution in [3.05, 3.63) is 188 Å². The summed E-state index contributed by atoms with van der Waals surface area (Å²) in [6.07, 6.45) is 0. The maximum absolute atomic E-state index is 6.18. The minimum absolute atomic E-state index is 0.606. The van der Waals surface area contributed by atoms with Crippen LogP contribution in [0.4, 0.5) is 0 Å². The molecule has 0 aliphatic heterocycles. The molecule has 8 aromatic carbocycles. The van der Waals surface area contributed by atoms with Crippen molar-refractivity contribution in [2.45, 2.75) is 0 Å². The van der Waals surface area contributed by atoms with E-state index in [2.05, 4.69) is 133 Å². The van der Waals surface area contributed by atoms with Gasteiger partial charge in [0, 0.05) is 38.2 Å². The molecule has 0 saturated heterocycles. The number of fused-ring (bicyclic) bond motifs is 6. The number of para-hydroxylation sites is 2. The lowest BCUT2D eigenvalue weighted by Gasteiger charge is -2.11. The summed E-state index contributed by atoms with van der Waals surface area (Å²) >= 11 is 0. The fraction of sp³-hybridized carbons (Fsp3) is 0. The summed E-state index contributed by atoms with van der Waals surface area (Å²) in [6, 6.07) is 64.6. The molecule has 0 fully saturated rings. The van der Waals surface area contributed by atoms with Crippen molar-refractivity contribution < 1.29 is 8.83 Å². The molecule has 262 valence electrons. The second kappa shape index (κ2) is 13.0. The normalized spacial score (nSPS) is 11.6. The van der Waals surface area contributed by atoms with E-state index in [9.17, 15) is 0 Å². The van der Waals surface area contributed by atoms with Crippen molar-refractivity contribution in [1.29, 1.82) is 0 Å². The number of hydrogen-bond donors (Lipinski definition) is 0. The minimum Gasteiger partial charge on any atom is -0.456 e. The summed E-state index contributed by atoms with van der Waals surface area (Å²) in [7, 11) is 0. The van der Waals surface area contributed by atoms with Crippen LogP contribution in [0.2, 0.25) is 0 Å². The predicted molar refractivity (Wildman–Crippen MR) is 227 cm³/mol. The largest absolute Gasteiger partial charge is 0.456 e. The van der Waals surface area contributed by atoms with Crippen molar-refractivity contribution in [3.63, 3.8) is 0 Å². The van der Waals surface area contributed by atoms with Crippen LogP contribution in [0.1, 0.15) is 0 Å². The molecule has 0 N–H and O–H groups in total. The Bertz CT molecular complexity index is 3040. The summed E-state index contributed by atoms with van der Waals surface area (Å²) in [5, 5.41) is 4.43.